The number of phenolic OH excluding ortho intramolecular Hbond substituents is 1. The van der Waals surface area contributed by atoms with Crippen molar-refractivity contribution in [3.05, 3.63) is 90.2 Å². The van der Waals surface area contributed by atoms with Gasteiger partial charge in [0.1, 0.15) is 11.4 Å². The van der Waals surface area contributed by atoms with E-state index in [1.807, 2.05) is 0 Å². The number of phenols is 1. The molecule has 0 atom stereocenters. The van der Waals surface area contributed by atoms with Gasteiger partial charge in [0.15, 0.2) is 15.6 Å². The fourth-order valence-electron chi connectivity index (χ4n) is 5.74. The summed E-state index contributed by atoms with van der Waals surface area (Å²) >= 11 is 8.48. The topological polar surface area (TPSA) is 376 Å². The Morgan fingerprint density at radius 3 is 2.09 bits per heavy atom. The zero-order valence-corrected chi connectivity index (χ0v) is 40.3. The molecule has 0 fully saturated rings. The average molecular weight is 1110 g/mol. The fraction of sp³-hybridized carbons (Fsp3) is 0.114. The van der Waals surface area contributed by atoms with E-state index in [4.69, 9.17) is 45.9 Å². The van der Waals surface area contributed by atoms with E-state index in [2.05, 4.69) is 73.7 Å². The highest BCUT2D eigenvalue weighted by atomic mass is 35.5. The standard InChI is InChI=1S/C35H30ClN9O19S6/c1-2-45(21-4-3-5-23(17-21)69(51,52)15-14-56-70(53,54)55)35-39-33(36)38-34(40-35)37-27-13-11-24-25(32(27)68-64-60-50)18-29(67-63-59-49)30(31(24)46)44-43-26-12-8-20(16-28(26)66-62-58-48)42-41-19-6-9-22(10-7-19)65-61-57-47/h3-13,16-18,46-50H,2,14-15H2,1H3,(H,53,54,55)(H,37,38,39,40)/b42-41+,44-43+. The molecule has 372 valence electrons. The second-order valence-electron chi connectivity index (χ2n) is 12.7. The number of sulfone groups is 1. The molecule has 0 saturated carbocycles. The Hall–Kier alpha value is -5.00. The van der Waals surface area contributed by atoms with Crippen molar-refractivity contribution in [1.29, 1.82) is 0 Å². The van der Waals surface area contributed by atoms with Crippen molar-refractivity contribution >= 4 is 137 Å². The summed E-state index contributed by atoms with van der Waals surface area (Å²) in [7, 11) is -8.99. The molecule has 5 aromatic carbocycles. The van der Waals surface area contributed by atoms with E-state index in [0.717, 1.165) is 12.0 Å². The first-order valence-corrected chi connectivity index (χ1v) is 24.9. The Kier molecular flexibility index (Phi) is 20.1. The van der Waals surface area contributed by atoms with Gasteiger partial charge in [-0.25, -0.2) is 33.6 Å². The SMILES string of the molecule is CCN(c1cccc(S(=O)(=O)CCOS(=O)(=O)O)c1)c1nc(Cl)nc(Nc2ccc3c(O)c(/N=N/c4ccc(/N=N/c5ccc(SOOO)cc5)cc4SOOO)c(SOOO)cc3c2SOOO)n1. The van der Waals surface area contributed by atoms with Crippen LogP contribution in [0.1, 0.15) is 6.92 Å². The van der Waals surface area contributed by atoms with Gasteiger partial charge < -0.3 is 15.3 Å². The van der Waals surface area contributed by atoms with Crippen molar-refractivity contribution < 1.29 is 89.2 Å². The molecule has 1 aromatic heterocycles. The second-order valence-corrected chi connectivity index (χ2v) is 19.2. The Morgan fingerprint density at radius 2 is 1.39 bits per heavy atom. The third-order valence-corrected chi connectivity index (χ3v) is 13.5. The summed E-state index contributed by atoms with van der Waals surface area (Å²) in [5.74, 6) is -1.51. The number of azo groups is 2. The zero-order valence-electron chi connectivity index (χ0n) is 34.6. The molecule has 6 rings (SSSR count). The van der Waals surface area contributed by atoms with Crippen LogP contribution in [0.25, 0.3) is 10.8 Å². The lowest BCUT2D eigenvalue weighted by molar-refractivity contribution is -0.432. The fourth-order valence-corrected chi connectivity index (χ4v) is 9.29. The molecule has 0 unspecified atom stereocenters. The van der Waals surface area contributed by atoms with Gasteiger partial charge in [-0.15, -0.1) is 27.6 Å². The van der Waals surface area contributed by atoms with Crippen molar-refractivity contribution in [1.82, 2.24) is 15.0 Å². The van der Waals surface area contributed by atoms with E-state index in [0.29, 0.717) is 52.4 Å². The predicted molar refractivity (Wildman–Crippen MR) is 246 cm³/mol. The number of hydrogen-bond donors (Lipinski definition) is 7. The highest BCUT2D eigenvalue weighted by Crippen LogP contribution is 2.49. The number of rotatable bonds is 26. The first-order chi connectivity index (χ1) is 33.7. The monoisotopic (exact) mass is 1110 g/mol. The Labute approximate surface area is 415 Å². The molecule has 6 aromatic rings. The molecule has 0 aliphatic heterocycles. The summed E-state index contributed by atoms with van der Waals surface area (Å²) in [5, 5.41) is 81.9. The largest absolute Gasteiger partial charge is 0.505 e. The van der Waals surface area contributed by atoms with Gasteiger partial charge in [0.25, 0.3) is 0 Å². The van der Waals surface area contributed by atoms with Crippen molar-refractivity contribution in [2.24, 2.45) is 20.5 Å². The lowest BCUT2D eigenvalue weighted by atomic mass is 10.1. The Balaban J connectivity index is 1.32. The third kappa shape index (κ3) is 15.0. The number of nitrogens with zero attached hydrogens (tertiary/aromatic N) is 8. The van der Waals surface area contributed by atoms with Crippen LogP contribution in [0.4, 0.5) is 46.0 Å². The summed E-state index contributed by atoms with van der Waals surface area (Å²) in [6, 6.07) is 20.8. The maximum atomic E-state index is 13.0. The molecule has 70 heavy (non-hydrogen) atoms. The van der Waals surface area contributed by atoms with E-state index in [1.54, 1.807) is 37.3 Å². The van der Waals surface area contributed by atoms with Crippen LogP contribution in [-0.4, -0.2) is 81.4 Å². The van der Waals surface area contributed by atoms with E-state index < -0.39 is 38.3 Å². The van der Waals surface area contributed by atoms with Gasteiger partial charge >= 0.3 is 10.4 Å². The van der Waals surface area contributed by atoms with Crippen LogP contribution >= 0.6 is 59.8 Å². The van der Waals surface area contributed by atoms with Crippen molar-refractivity contribution in [2.45, 2.75) is 31.4 Å². The van der Waals surface area contributed by atoms with Gasteiger partial charge in [0.2, 0.25) is 17.2 Å². The molecular formula is C35H30ClN9O19S6. The van der Waals surface area contributed by atoms with Crippen LogP contribution < -0.4 is 10.2 Å². The van der Waals surface area contributed by atoms with Gasteiger partial charge in [-0.2, -0.15) is 33.6 Å². The number of fused-ring (bicyclic) bond motifs is 1. The number of aromatic hydroxyl groups is 1. The van der Waals surface area contributed by atoms with Gasteiger partial charge in [0.05, 0.1) is 97.2 Å². The van der Waals surface area contributed by atoms with E-state index in [1.165, 1.54) is 59.5 Å². The van der Waals surface area contributed by atoms with Gasteiger partial charge in [-0.1, -0.05) is 26.2 Å². The Bertz CT molecular complexity index is 3060. The maximum Gasteiger partial charge on any atom is 0.397 e. The quantitative estimate of drug-likeness (QED) is 0.00872. The molecule has 0 saturated heterocycles. The molecule has 0 amide bonds. The van der Waals surface area contributed by atoms with E-state index in [-0.39, 0.29) is 76.8 Å². The number of anilines is 4. The highest BCUT2D eigenvalue weighted by Gasteiger charge is 2.23. The molecule has 0 radical (unpaired) electrons. The third-order valence-electron chi connectivity index (χ3n) is 8.59. The highest BCUT2D eigenvalue weighted by molar-refractivity contribution is 7.95. The first-order valence-electron chi connectivity index (χ1n) is 18.6. The number of benzene rings is 5. The van der Waals surface area contributed by atoms with Crippen LogP contribution in [0.5, 0.6) is 5.75 Å². The number of aromatic nitrogens is 3. The second kappa shape index (κ2) is 25.9. The van der Waals surface area contributed by atoms with E-state index in [9.17, 15) is 21.9 Å². The van der Waals surface area contributed by atoms with Gasteiger partial charge in [0, 0.05) is 27.9 Å². The lowest BCUT2D eigenvalue weighted by Crippen LogP contribution is -2.21. The minimum absolute atomic E-state index is 0.0274. The van der Waals surface area contributed by atoms with Gasteiger partial charge in [-0.05, 0) is 97.4 Å². The van der Waals surface area contributed by atoms with Crippen LogP contribution in [0, 0.1) is 0 Å². The normalized spacial score (nSPS) is 12.2. The Morgan fingerprint density at radius 1 is 0.714 bits per heavy atom. The molecule has 28 nitrogen and oxygen atoms in total. The number of halogens is 1. The van der Waals surface area contributed by atoms with Crippen LogP contribution in [-0.2, 0) is 61.9 Å². The van der Waals surface area contributed by atoms with E-state index >= 15 is 0 Å². The number of hydrogen-bond acceptors (Lipinski definition) is 31. The maximum absolute atomic E-state index is 13.0. The molecule has 0 aliphatic rings. The summed E-state index contributed by atoms with van der Waals surface area (Å²) in [6.45, 7) is 1.03. The number of nitrogens with one attached hydrogen (secondary N) is 1. The van der Waals surface area contributed by atoms with Gasteiger partial charge in [-0.3, -0.25) is 4.55 Å². The zero-order chi connectivity index (χ0) is 50.3. The van der Waals surface area contributed by atoms with Crippen molar-refractivity contribution in [3.63, 3.8) is 0 Å². The summed E-state index contributed by atoms with van der Waals surface area (Å²) in [5.41, 5.74) is 1.05. The average Bonchev–Trinajstić information content (AvgIpc) is 3.33. The molecule has 0 bridgehead atoms. The van der Waals surface area contributed by atoms with Crippen molar-refractivity contribution in [3.8, 4) is 5.75 Å². The van der Waals surface area contributed by atoms with Crippen molar-refractivity contribution in [2.75, 3.05) is 29.1 Å². The van der Waals surface area contributed by atoms with Crippen LogP contribution in [0.3, 0.4) is 0 Å². The molecule has 7 N–H and O–H groups in total. The van der Waals surface area contributed by atoms with Crippen LogP contribution in [0.2, 0.25) is 5.28 Å². The first kappa shape index (κ1) is 54.3. The minimum atomic E-state index is -4.87. The smallest absolute Gasteiger partial charge is 0.397 e. The molecular weight excluding hydrogens is 1080 g/mol. The summed E-state index contributed by atoms with van der Waals surface area (Å²) < 4.78 is 79.4. The lowest BCUT2D eigenvalue weighted by Gasteiger charge is -2.22. The summed E-state index contributed by atoms with van der Waals surface area (Å²) in [6.07, 6.45) is 0. The predicted octanol–water partition coefficient (Wildman–Crippen LogP) is 10.4. The van der Waals surface area contributed by atoms with Crippen LogP contribution in [0.15, 0.2) is 130 Å². The minimum Gasteiger partial charge on any atom is -0.505 e. The molecule has 35 heteroatoms. The molecule has 0 aliphatic carbocycles. The summed E-state index contributed by atoms with van der Waals surface area (Å²) in [4.78, 5) is 14.9. The molecule has 1 heterocycles. The molecule has 0 spiro atoms.